The van der Waals surface area contributed by atoms with Crippen molar-refractivity contribution in [3.63, 3.8) is 0 Å². The Kier molecular flexibility index (Phi) is 7.88. The van der Waals surface area contributed by atoms with Gasteiger partial charge in [-0.05, 0) is 80.7 Å². The fraction of sp³-hybridized carbons (Fsp3) is 0.264. The summed E-state index contributed by atoms with van der Waals surface area (Å²) >= 11 is 0. The first-order valence-corrected chi connectivity index (χ1v) is 20.8. The van der Waals surface area contributed by atoms with E-state index in [1.165, 1.54) is 33.4 Å². The standard InChI is InChI=1S/C53H51BFN2/c1-51(2,3)37-29-25-35(26-30-37)43-41-23-16-20-33-17-12-13-21-39(33)47(41)56-49(43)45(34-18-10-9-11-19-34)50-44(36-27-31-38(32-28-36)52(4,5)6)46-48(57(50)54(56)55)40-22-14-15-24-42(40)53(46,7)8/h9-15,17-19,21-22,24-32H,16,20,23H2,1-8H3/q+1. The molecule has 0 spiro atoms. The van der Waals surface area contributed by atoms with Crippen molar-refractivity contribution in [2.75, 3.05) is 0 Å². The van der Waals surface area contributed by atoms with Crippen LogP contribution in [0.2, 0.25) is 0 Å². The molecule has 1 aromatic heterocycles. The lowest BCUT2D eigenvalue weighted by atomic mass is 9.77. The van der Waals surface area contributed by atoms with Gasteiger partial charge in [-0.3, -0.25) is 4.48 Å². The maximum atomic E-state index is 19.1. The van der Waals surface area contributed by atoms with Crippen molar-refractivity contribution in [3.05, 3.63) is 189 Å². The Hall–Kier alpha value is -5.48. The smallest absolute Gasteiger partial charge is 0.284 e. The van der Waals surface area contributed by atoms with Crippen molar-refractivity contribution in [1.82, 2.24) is 4.48 Å². The third kappa shape index (κ3) is 5.25. The van der Waals surface area contributed by atoms with Crippen LogP contribution in [0.1, 0.15) is 118 Å². The topological polar surface area (TPSA) is 7.94 Å². The molecule has 6 aromatic rings. The minimum Gasteiger partial charge on any atom is -0.284 e. The SMILES string of the molecule is CC(C)(C)c1ccc(C2=C3CCCc4ccccc4C3=[N+]3B(F)n4c(c(-c5ccc(C(C)(C)C)cc5)c5c4-c4ccccc4C5(C)C)C(c4ccccc4)=C23)cc1. The van der Waals surface area contributed by atoms with Crippen LogP contribution in [0, 0.1) is 0 Å². The van der Waals surface area contributed by atoms with Gasteiger partial charge in [0.05, 0.1) is 16.8 Å². The highest BCUT2D eigenvalue weighted by atomic mass is 19.1. The third-order valence-corrected chi connectivity index (χ3v) is 13.2. The first kappa shape index (κ1) is 35.9. The largest absolute Gasteiger partial charge is 0.847 e. The molecule has 2 aliphatic heterocycles. The van der Waals surface area contributed by atoms with Crippen molar-refractivity contribution < 1.29 is 8.80 Å². The Labute approximate surface area is 338 Å². The molecule has 0 saturated carbocycles. The average Bonchev–Trinajstić information content (AvgIpc) is 3.75. The molecule has 5 aromatic carbocycles. The number of halogens is 1. The maximum Gasteiger partial charge on any atom is 0.847 e. The van der Waals surface area contributed by atoms with Crippen LogP contribution < -0.4 is 0 Å². The van der Waals surface area contributed by atoms with Gasteiger partial charge in [0, 0.05) is 33.4 Å². The number of aromatic nitrogens is 1. The number of benzene rings is 5. The van der Waals surface area contributed by atoms with E-state index in [0.717, 1.165) is 86.6 Å². The van der Waals surface area contributed by atoms with E-state index in [1.807, 2.05) is 0 Å². The van der Waals surface area contributed by atoms with Crippen molar-refractivity contribution in [3.8, 4) is 22.4 Å². The Morgan fingerprint density at radius 3 is 1.81 bits per heavy atom. The molecule has 3 heterocycles. The molecule has 0 unspecified atom stereocenters. The second-order valence-corrected chi connectivity index (χ2v) is 19.1. The molecule has 0 radical (unpaired) electrons. The normalized spacial score (nSPS) is 16.9. The van der Waals surface area contributed by atoms with E-state index < -0.39 is 7.26 Å². The van der Waals surface area contributed by atoms with Crippen molar-refractivity contribution in [2.24, 2.45) is 0 Å². The summed E-state index contributed by atoms with van der Waals surface area (Å²) in [4.78, 5) is 0. The van der Waals surface area contributed by atoms with Gasteiger partial charge in [-0.1, -0.05) is 177 Å². The third-order valence-electron chi connectivity index (χ3n) is 13.2. The molecule has 4 aliphatic rings. The van der Waals surface area contributed by atoms with Crippen LogP contribution in [0.4, 0.5) is 4.32 Å². The van der Waals surface area contributed by atoms with E-state index in [4.69, 9.17) is 0 Å². The molecule has 2 aliphatic carbocycles. The van der Waals surface area contributed by atoms with E-state index in [0.29, 0.717) is 0 Å². The number of hydrogen-bond acceptors (Lipinski definition) is 0. The van der Waals surface area contributed by atoms with E-state index in [2.05, 4.69) is 192 Å². The lowest BCUT2D eigenvalue weighted by Crippen LogP contribution is -2.41. The van der Waals surface area contributed by atoms with Gasteiger partial charge in [-0.15, -0.1) is 0 Å². The predicted octanol–water partition coefficient (Wildman–Crippen LogP) is 12.9. The Morgan fingerprint density at radius 2 is 1.16 bits per heavy atom. The minimum absolute atomic E-state index is 0.00783. The minimum atomic E-state index is -1.48. The zero-order valence-electron chi connectivity index (χ0n) is 34.6. The summed E-state index contributed by atoms with van der Waals surface area (Å²) in [5.41, 5.74) is 20.1. The Bertz CT molecular complexity index is 2730. The first-order chi connectivity index (χ1) is 27.3. The summed E-state index contributed by atoms with van der Waals surface area (Å²) in [5.74, 6) is 0. The number of fused-ring (bicyclic) bond motifs is 9. The molecule has 0 amide bonds. The van der Waals surface area contributed by atoms with E-state index in [-0.39, 0.29) is 16.2 Å². The summed E-state index contributed by atoms with van der Waals surface area (Å²) in [6.45, 7) is 18.3. The van der Waals surface area contributed by atoms with Crippen LogP contribution in [0.25, 0.3) is 33.5 Å². The Balaban J connectivity index is 1.40. The summed E-state index contributed by atoms with van der Waals surface area (Å²) in [6, 6.07) is 46.5. The molecule has 0 saturated heterocycles. The fourth-order valence-electron chi connectivity index (χ4n) is 10.3. The lowest BCUT2D eigenvalue weighted by Gasteiger charge is -2.27. The highest BCUT2D eigenvalue weighted by Crippen LogP contribution is 2.59. The predicted molar refractivity (Wildman–Crippen MR) is 237 cm³/mol. The molecule has 0 atom stereocenters. The van der Waals surface area contributed by atoms with Crippen LogP contribution in [-0.4, -0.2) is 21.9 Å². The van der Waals surface area contributed by atoms with Gasteiger partial charge in [-0.2, -0.15) is 0 Å². The molecule has 0 fully saturated rings. The summed E-state index contributed by atoms with van der Waals surface area (Å²) in [7, 11) is -1.48. The highest BCUT2D eigenvalue weighted by molar-refractivity contribution is 6.47. The zero-order valence-corrected chi connectivity index (χ0v) is 34.6. The van der Waals surface area contributed by atoms with Crippen molar-refractivity contribution >= 4 is 24.1 Å². The van der Waals surface area contributed by atoms with Crippen LogP contribution in [0.15, 0.2) is 139 Å². The number of allylic oxidation sites excluding steroid dienone is 2. The van der Waals surface area contributed by atoms with Gasteiger partial charge in [0.2, 0.25) is 5.70 Å². The quantitative estimate of drug-likeness (QED) is 0.159. The monoisotopic (exact) mass is 745 g/mol. The van der Waals surface area contributed by atoms with Gasteiger partial charge in [0.15, 0.2) is 5.71 Å². The highest BCUT2D eigenvalue weighted by Gasteiger charge is 2.59. The molecule has 282 valence electrons. The molecule has 0 bridgehead atoms. The van der Waals surface area contributed by atoms with Crippen LogP contribution >= 0.6 is 0 Å². The van der Waals surface area contributed by atoms with Crippen LogP contribution in [0.3, 0.4) is 0 Å². The van der Waals surface area contributed by atoms with Crippen molar-refractivity contribution in [2.45, 2.75) is 90.9 Å². The maximum absolute atomic E-state index is 19.1. The van der Waals surface area contributed by atoms with E-state index >= 15 is 4.32 Å². The van der Waals surface area contributed by atoms with Gasteiger partial charge in [0.1, 0.15) is 0 Å². The summed E-state index contributed by atoms with van der Waals surface area (Å²) in [6.07, 6.45) is 2.85. The fourth-order valence-corrected chi connectivity index (χ4v) is 10.3. The van der Waals surface area contributed by atoms with Gasteiger partial charge < -0.3 is 0 Å². The lowest BCUT2D eigenvalue weighted by molar-refractivity contribution is -0.332. The Morgan fingerprint density at radius 1 is 0.596 bits per heavy atom. The number of aryl methyl sites for hydroxylation is 1. The number of hydrogen-bond donors (Lipinski definition) is 0. The van der Waals surface area contributed by atoms with Gasteiger partial charge >= 0.3 is 7.26 Å². The van der Waals surface area contributed by atoms with Crippen LogP contribution in [0.5, 0.6) is 0 Å². The van der Waals surface area contributed by atoms with Crippen molar-refractivity contribution in [1.29, 1.82) is 0 Å². The molecule has 10 rings (SSSR count). The summed E-state index contributed by atoms with van der Waals surface area (Å²) < 4.78 is 23.3. The van der Waals surface area contributed by atoms with E-state index in [9.17, 15) is 0 Å². The average molecular weight is 746 g/mol. The van der Waals surface area contributed by atoms with E-state index in [1.54, 1.807) is 0 Å². The molecular formula is C53H51BFN2+. The summed E-state index contributed by atoms with van der Waals surface area (Å²) in [5, 5.41) is 0. The first-order valence-electron chi connectivity index (χ1n) is 20.8. The number of nitrogens with zero attached hydrogens (tertiary/aromatic N) is 2. The molecule has 4 heteroatoms. The second-order valence-electron chi connectivity index (χ2n) is 19.1. The number of rotatable bonds is 3. The molecule has 57 heavy (non-hydrogen) atoms. The molecule has 0 N–H and O–H groups in total. The zero-order chi connectivity index (χ0) is 39.6. The van der Waals surface area contributed by atoms with Gasteiger partial charge in [0.25, 0.3) is 0 Å². The molecular weight excluding hydrogens is 694 g/mol. The van der Waals surface area contributed by atoms with Crippen LogP contribution in [-0.2, 0) is 22.7 Å². The second kappa shape index (κ2) is 12.5. The molecule has 2 nitrogen and oxygen atoms in total. The van der Waals surface area contributed by atoms with Gasteiger partial charge in [-0.25, -0.2) is 8.80 Å².